The van der Waals surface area contributed by atoms with Crippen molar-refractivity contribution in [3.8, 4) is 5.75 Å². The zero-order valence-corrected chi connectivity index (χ0v) is 9.73. The van der Waals surface area contributed by atoms with Crippen LogP contribution in [0.2, 0.25) is 0 Å². The van der Waals surface area contributed by atoms with Gasteiger partial charge in [0.1, 0.15) is 5.75 Å². The minimum absolute atomic E-state index is 0.798. The zero-order valence-electron chi connectivity index (χ0n) is 6.39. The molecule has 1 nitrogen and oxygen atoms in total. The van der Waals surface area contributed by atoms with E-state index in [-0.39, 0.29) is 0 Å². The van der Waals surface area contributed by atoms with Crippen molar-refractivity contribution < 1.29 is 4.74 Å². The number of hydrogen-bond donors (Lipinski definition) is 0. The Morgan fingerprint density at radius 2 is 1.58 bits per heavy atom. The summed E-state index contributed by atoms with van der Waals surface area (Å²) >= 11 is 15.1. The third-order valence-corrected chi connectivity index (χ3v) is 4.22. The highest BCUT2D eigenvalue weighted by molar-refractivity contribution is 8.99. The maximum absolute atomic E-state index is 5.03. The molecule has 0 heterocycles. The lowest BCUT2D eigenvalue weighted by atomic mass is 10.3. The second-order valence-corrected chi connectivity index (χ2v) is 10.7. The fourth-order valence-corrected chi connectivity index (χ4v) is 2.37. The van der Waals surface area contributed by atoms with Gasteiger partial charge in [-0.1, -0.05) is 0 Å². The van der Waals surface area contributed by atoms with Gasteiger partial charge >= 0.3 is 0 Å². The topological polar surface area (TPSA) is 9.23 Å². The predicted molar refractivity (Wildman–Crippen MR) is 61.6 cm³/mol. The van der Waals surface area contributed by atoms with Gasteiger partial charge in [-0.3, -0.25) is 0 Å². The lowest BCUT2D eigenvalue weighted by Gasteiger charge is -2.47. The van der Waals surface area contributed by atoms with E-state index in [1.807, 2.05) is 24.3 Å². The third-order valence-electron chi connectivity index (χ3n) is 1.39. The van der Waals surface area contributed by atoms with E-state index >= 15 is 0 Å². The number of hydrogen-bond acceptors (Lipinski definition) is 4. The number of rotatable bonds is 2. The van der Waals surface area contributed by atoms with Crippen LogP contribution in [0.5, 0.6) is 5.75 Å². The van der Waals surface area contributed by atoms with E-state index in [0.717, 1.165) is 11.1 Å². The van der Waals surface area contributed by atoms with Crippen molar-refractivity contribution in [3.63, 3.8) is 0 Å². The van der Waals surface area contributed by atoms with Crippen LogP contribution in [0.1, 0.15) is 0 Å². The Hall–Kier alpha value is 0.500. The fourth-order valence-electron chi connectivity index (χ4n) is 0.765. The van der Waals surface area contributed by atoms with Crippen LogP contribution in [0, 0.1) is 0 Å². The molecule has 0 aliphatic carbocycles. The highest BCUT2D eigenvalue weighted by Crippen LogP contribution is 2.50. The van der Waals surface area contributed by atoms with Crippen molar-refractivity contribution in [2.75, 3.05) is 7.11 Å². The molecule has 0 saturated heterocycles. The van der Waals surface area contributed by atoms with E-state index in [9.17, 15) is 0 Å². The molecular weight excluding hydrogens is 227 g/mol. The first-order chi connectivity index (χ1) is 5.54. The Kier molecular flexibility index (Phi) is 3.65. The SMILES string of the molecule is COc1ccc([P+]([S-])([S-])[S-])cc1. The molecule has 0 saturated carbocycles. The fraction of sp³-hybridized carbons (Fsp3) is 0.143. The standard InChI is InChI=1S/C7H9OPS3/c1-8-6-2-4-7(5-3-6)9(10,11)12/h2-5H,1H3,(H2,10,11,12)/p-2. The summed E-state index contributed by atoms with van der Waals surface area (Å²) in [5, 5.41) is 0.892. The summed E-state index contributed by atoms with van der Waals surface area (Å²) in [5.74, 6) is 0.798. The molecule has 1 aromatic rings. The molecule has 0 aromatic heterocycles. The largest absolute Gasteiger partial charge is 0.595 e. The highest BCUT2D eigenvalue weighted by Gasteiger charge is 1.97. The van der Waals surface area contributed by atoms with Gasteiger partial charge in [0.05, 0.1) is 7.11 Å². The normalized spacial score (nSPS) is 11.3. The summed E-state index contributed by atoms with van der Waals surface area (Å²) in [6.45, 7) is 0. The van der Waals surface area contributed by atoms with Gasteiger partial charge in [-0.2, -0.15) is 0 Å². The third kappa shape index (κ3) is 2.77. The van der Waals surface area contributed by atoms with Crippen LogP contribution in [0.3, 0.4) is 0 Å². The molecule has 0 spiro atoms. The number of ether oxygens (including phenoxy) is 1. The smallest absolute Gasteiger partial charge is 0.119 e. The van der Waals surface area contributed by atoms with Crippen LogP contribution in [0.15, 0.2) is 24.3 Å². The summed E-state index contributed by atoms with van der Waals surface area (Å²) in [6.07, 6.45) is 0. The Balaban J connectivity index is 2.93. The molecule has 0 amide bonds. The highest BCUT2D eigenvalue weighted by atomic mass is 33.4. The lowest BCUT2D eigenvalue weighted by Crippen LogP contribution is -2.03. The minimum atomic E-state index is -2.10. The molecular formula is C7H7OPS3-2. The monoisotopic (exact) mass is 234 g/mol. The van der Waals surface area contributed by atoms with Crippen LogP contribution in [-0.2, 0) is 36.7 Å². The number of benzene rings is 1. The molecule has 1 aromatic carbocycles. The van der Waals surface area contributed by atoms with Crippen molar-refractivity contribution >= 4 is 46.9 Å². The maximum atomic E-state index is 5.03. The Morgan fingerprint density at radius 3 is 1.92 bits per heavy atom. The molecule has 12 heavy (non-hydrogen) atoms. The molecule has 0 bridgehead atoms. The quantitative estimate of drug-likeness (QED) is 0.569. The predicted octanol–water partition coefficient (Wildman–Crippen LogP) is 1.72. The van der Waals surface area contributed by atoms with Gasteiger partial charge in [-0.15, -0.1) is 0 Å². The van der Waals surface area contributed by atoms with Crippen LogP contribution >= 0.6 is 4.87 Å². The molecule has 0 fully saturated rings. The summed E-state index contributed by atoms with van der Waals surface area (Å²) in [4.78, 5) is -2.10. The Bertz CT molecular complexity index is 254. The van der Waals surface area contributed by atoms with Crippen molar-refractivity contribution in [1.29, 1.82) is 0 Å². The van der Waals surface area contributed by atoms with E-state index in [1.165, 1.54) is 0 Å². The van der Waals surface area contributed by atoms with Gasteiger partial charge in [-0.05, 0) is 24.3 Å². The molecule has 0 radical (unpaired) electrons. The summed E-state index contributed by atoms with van der Waals surface area (Å²) in [5.41, 5.74) is 0. The van der Waals surface area contributed by atoms with E-state index in [2.05, 4.69) is 0 Å². The first-order valence-electron chi connectivity index (χ1n) is 3.21. The second-order valence-electron chi connectivity index (χ2n) is 2.20. The molecule has 0 unspecified atom stereocenters. The van der Waals surface area contributed by atoms with Gasteiger partial charge < -0.3 is 46.4 Å². The molecule has 0 atom stereocenters. The number of methoxy groups -OCH3 is 1. The lowest BCUT2D eigenvalue weighted by molar-refractivity contribution is 0.415. The maximum Gasteiger partial charge on any atom is 0.119 e. The van der Waals surface area contributed by atoms with Crippen LogP contribution in [0.4, 0.5) is 0 Å². The summed E-state index contributed by atoms with van der Waals surface area (Å²) in [7, 11) is 1.62. The Morgan fingerprint density at radius 1 is 1.08 bits per heavy atom. The van der Waals surface area contributed by atoms with Crippen LogP contribution in [-0.4, -0.2) is 7.11 Å². The summed E-state index contributed by atoms with van der Waals surface area (Å²) in [6, 6.07) is 7.35. The minimum Gasteiger partial charge on any atom is -0.595 e. The van der Waals surface area contributed by atoms with Gasteiger partial charge in [0, 0.05) is 5.30 Å². The van der Waals surface area contributed by atoms with Crippen molar-refractivity contribution in [3.05, 3.63) is 24.3 Å². The molecule has 5 heteroatoms. The molecule has 66 valence electrons. The van der Waals surface area contributed by atoms with Crippen LogP contribution in [0.25, 0.3) is 0 Å². The average Bonchev–Trinajstić information content (AvgIpc) is 2.03. The van der Waals surface area contributed by atoms with Gasteiger partial charge in [0.25, 0.3) is 0 Å². The van der Waals surface area contributed by atoms with Crippen LogP contribution < -0.4 is 10.0 Å². The zero-order chi connectivity index (χ0) is 9.19. The van der Waals surface area contributed by atoms with Gasteiger partial charge in [0.15, 0.2) is 0 Å². The van der Waals surface area contributed by atoms with Crippen molar-refractivity contribution in [2.45, 2.75) is 0 Å². The van der Waals surface area contributed by atoms with Gasteiger partial charge in [0.2, 0.25) is 0 Å². The molecule has 1 rings (SSSR count). The molecule has 0 aliphatic heterocycles. The van der Waals surface area contributed by atoms with E-state index in [1.54, 1.807) is 7.11 Å². The molecule has 0 N–H and O–H groups in total. The van der Waals surface area contributed by atoms with E-state index < -0.39 is 4.87 Å². The first-order valence-corrected chi connectivity index (χ1v) is 8.03. The Labute approximate surface area is 88.7 Å². The second kappa shape index (κ2) is 4.14. The van der Waals surface area contributed by atoms with E-state index in [0.29, 0.717) is 0 Å². The van der Waals surface area contributed by atoms with Crippen molar-refractivity contribution in [1.82, 2.24) is 0 Å². The summed E-state index contributed by atoms with van der Waals surface area (Å²) < 4.78 is 4.99. The van der Waals surface area contributed by atoms with Crippen molar-refractivity contribution in [2.24, 2.45) is 0 Å². The molecule has 0 aliphatic rings. The van der Waals surface area contributed by atoms with Gasteiger partial charge in [-0.25, -0.2) is 0 Å². The van der Waals surface area contributed by atoms with E-state index in [4.69, 9.17) is 41.5 Å². The average molecular weight is 234 g/mol. The first kappa shape index (κ1) is 10.6.